The first-order valence-electron chi connectivity index (χ1n) is 8.52. The first kappa shape index (κ1) is 15.9. The molecule has 0 spiro atoms. The Hall–Kier alpha value is -2.57. The maximum atomic E-state index is 12.0. The molecule has 0 amide bonds. The van der Waals surface area contributed by atoms with Crippen LogP contribution in [0.4, 0.5) is 0 Å². The third-order valence-corrected chi connectivity index (χ3v) is 5.06. The standard InChI is InChI=1S/C22H20O3/c1-22-13-18(20(24-2)19(14-22)25-21(22)23)9-5-6-15-10-11-16-7-3-4-8-17(16)12-15/h3-4,7-8,10-13,19-20H,6,14H2,1-2H3. The molecule has 1 aliphatic carbocycles. The van der Waals surface area contributed by atoms with Gasteiger partial charge in [0.1, 0.15) is 12.2 Å². The molecule has 3 unspecified atom stereocenters. The van der Waals surface area contributed by atoms with E-state index in [2.05, 4.69) is 42.2 Å². The van der Waals surface area contributed by atoms with Gasteiger partial charge in [0.2, 0.25) is 0 Å². The molecule has 0 saturated carbocycles. The number of carbonyl (C=O) groups excluding carboxylic acids is 1. The first-order valence-corrected chi connectivity index (χ1v) is 8.52. The van der Waals surface area contributed by atoms with Gasteiger partial charge in [-0.3, -0.25) is 4.79 Å². The van der Waals surface area contributed by atoms with E-state index < -0.39 is 5.41 Å². The fourth-order valence-corrected chi connectivity index (χ4v) is 3.71. The summed E-state index contributed by atoms with van der Waals surface area (Å²) in [6, 6.07) is 14.7. The van der Waals surface area contributed by atoms with E-state index in [1.165, 1.54) is 16.3 Å². The number of carbonyl (C=O) groups is 1. The van der Waals surface area contributed by atoms with E-state index in [4.69, 9.17) is 9.47 Å². The van der Waals surface area contributed by atoms with Crippen molar-refractivity contribution in [2.45, 2.75) is 32.0 Å². The number of ether oxygens (including phenoxy) is 2. The maximum absolute atomic E-state index is 12.0. The summed E-state index contributed by atoms with van der Waals surface area (Å²) in [4.78, 5) is 12.0. The van der Waals surface area contributed by atoms with Crippen molar-refractivity contribution in [3.63, 3.8) is 0 Å². The Bertz CT molecular complexity index is 931. The van der Waals surface area contributed by atoms with Crippen molar-refractivity contribution in [1.82, 2.24) is 0 Å². The summed E-state index contributed by atoms with van der Waals surface area (Å²) in [5.41, 5.74) is 1.47. The number of hydrogen-bond acceptors (Lipinski definition) is 3. The minimum atomic E-state index is -0.563. The largest absolute Gasteiger partial charge is 0.459 e. The summed E-state index contributed by atoms with van der Waals surface area (Å²) in [6.45, 7) is 1.91. The Morgan fingerprint density at radius 1 is 1.24 bits per heavy atom. The van der Waals surface area contributed by atoms with E-state index in [0.717, 1.165) is 5.57 Å². The Morgan fingerprint density at radius 2 is 2.04 bits per heavy atom. The van der Waals surface area contributed by atoms with Gasteiger partial charge in [0.05, 0.1) is 5.41 Å². The second-order valence-corrected chi connectivity index (χ2v) is 6.98. The average molecular weight is 332 g/mol. The van der Waals surface area contributed by atoms with Gasteiger partial charge in [-0.05, 0) is 23.3 Å². The molecule has 0 N–H and O–H groups in total. The molecule has 126 valence electrons. The van der Waals surface area contributed by atoms with E-state index in [-0.39, 0.29) is 18.2 Å². The van der Waals surface area contributed by atoms with Crippen LogP contribution in [0.3, 0.4) is 0 Å². The summed E-state index contributed by atoms with van der Waals surface area (Å²) in [6.07, 6.45) is 2.77. The molecular formula is C22H20O3. The summed E-state index contributed by atoms with van der Waals surface area (Å²) in [5, 5.41) is 2.45. The SMILES string of the molecule is COC1C(C#CCc2ccc3ccccc3c2)=CC2(C)CC1OC2=O. The third-order valence-electron chi connectivity index (χ3n) is 5.06. The highest BCUT2D eigenvalue weighted by Gasteiger charge is 2.51. The van der Waals surface area contributed by atoms with E-state index in [1.54, 1.807) is 7.11 Å². The van der Waals surface area contributed by atoms with Crippen molar-refractivity contribution in [1.29, 1.82) is 0 Å². The quantitative estimate of drug-likeness (QED) is 0.622. The van der Waals surface area contributed by atoms with Gasteiger partial charge in [-0.1, -0.05) is 60.4 Å². The number of rotatable bonds is 2. The van der Waals surface area contributed by atoms with Crippen molar-refractivity contribution in [3.8, 4) is 11.8 Å². The van der Waals surface area contributed by atoms with Crippen LogP contribution in [0.25, 0.3) is 10.8 Å². The van der Waals surface area contributed by atoms with Gasteiger partial charge in [0, 0.05) is 25.5 Å². The summed E-state index contributed by atoms with van der Waals surface area (Å²) < 4.78 is 11.0. The fourth-order valence-electron chi connectivity index (χ4n) is 3.71. The Labute approximate surface area is 147 Å². The van der Waals surface area contributed by atoms with Crippen LogP contribution in [-0.4, -0.2) is 25.3 Å². The minimum absolute atomic E-state index is 0.175. The second-order valence-electron chi connectivity index (χ2n) is 6.98. The third kappa shape index (κ3) is 2.83. The smallest absolute Gasteiger partial charge is 0.316 e. The minimum Gasteiger partial charge on any atom is -0.459 e. The lowest BCUT2D eigenvalue weighted by Crippen LogP contribution is -2.33. The molecule has 2 aromatic carbocycles. The highest BCUT2D eigenvalue weighted by Crippen LogP contribution is 2.43. The van der Waals surface area contributed by atoms with Crippen LogP contribution in [0.1, 0.15) is 18.9 Å². The zero-order valence-corrected chi connectivity index (χ0v) is 14.4. The fraction of sp³-hybridized carbons (Fsp3) is 0.318. The van der Waals surface area contributed by atoms with Gasteiger partial charge >= 0.3 is 5.97 Å². The predicted octanol–water partition coefficient (Wildman–Crippen LogP) is 3.66. The number of benzene rings is 2. The van der Waals surface area contributed by atoms with Gasteiger partial charge in [-0.15, -0.1) is 0 Å². The van der Waals surface area contributed by atoms with Gasteiger partial charge < -0.3 is 9.47 Å². The molecule has 3 atom stereocenters. The van der Waals surface area contributed by atoms with E-state index >= 15 is 0 Å². The molecule has 2 bridgehead atoms. The molecule has 1 aliphatic heterocycles. The highest BCUT2D eigenvalue weighted by molar-refractivity contribution is 5.83. The lowest BCUT2D eigenvalue weighted by molar-refractivity contribution is -0.148. The molecule has 4 rings (SSSR count). The lowest BCUT2D eigenvalue weighted by atomic mass is 9.78. The van der Waals surface area contributed by atoms with E-state index in [9.17, 15) is 4.79 Å². The number of esters is 1. The zero-order chi connectivity index (χ0) is 17.4. The van der Waals surface area contributed by atoms with Crippen LogP contribution in [0, 0.1) is 17.3 Å². The molecular weight excluding hydrogens is 312 g/mol. The topological polar surface area (TPSA) is 35.5 Å². The van der Waals surface area contributed by atoms with Crippen LogP contribution in [-0.2, 0) is 20.7 Å². The molecule has 1 saturated heterocycles. The van der Waals surface area contributed by atoms with Gasteiger partial charge in [-0.25, -0.2) is 0 Å². The Balaban J connectivity index is 1.58. The van der Waals surface area contributed by atoms with Crippen molar-refractivity contribution < 1.29 is 14.3 Å². The molecule has 1 heterocycles. The lowest BCUT2D eigenvalue weighted by Gasteiger charge is -2.26. The van der Waals surface area contributed by atoms with E-state index in [0.29, 0.717) is 12.8 Å². The normalized spacial score (nSPS) is 27.4. The van der Waals surface area contributed by atoms with Crippen LogP contribution in [0.5, 0.6) is 0 Å². The van der Waals surface area contributed by atoms with Crippen LogP contribution >= 0.6 is 0 Å². The van der Waals surface area contributed by atoms with Gasteiger partial charge in [0.25, 0.3) is 0 Å². The molecule has 0 radical (unpaired) electrons. The molecule has 3 nitrogen and oxygen atoms in total. The Morgan fingerprint density at radius 3 is 2.84 bits per heavy atom. The highest BCUT2D eigenvalue weighted by atomic mass is 16.6. The average Bonchev–Trinajstić information content (AvgIpc) is 2.85. The van der Waals surface area contributed by atoms with Gasteiger partial charge in [-0.2, -0.15) is 0 Å². The molecule has 2 aromatic rings. The summed E-state index contributed by atoms with van der Waals surface area (Å²) in [5.74, 6) is 6.28. The first-order chi connectivity index (χ1) is 12.1. The van der Waals surface area contributed by atoms with Crippen LogP contribution in [0.15, 0.2) is 54.1 Å². The van der Waals surface area contributed by atoms with Crippen molar-refractivity contribution in [3.05, 3.63) is 59.7 Å². The second kappa shape index (κ2) is 6.06. The zero-order valence-electron chi connectivity index (χ0n) is 14.4. The van der Waals surface area contributed by atoms with Crippen molar-refractivity contribution in [2.24, 2.45) is 5.41 Å². The molecule has 1 fully saturated rings. The Kier molecular flexibility index (Phi) is 3.86. The van der Waals surface area contributed by atoms with E-state index in [1.807, 2.05) is 25.1 Å². The molecule has 25 heavy (non-hydrogen) atoms. The number of methoxy groups -OCH3 is 1. The molecule has 0 aromatic heterocycles. The van der Waals surface area contributed by atoms with Crippen LogP contribution < -0.4 is 0 Å². The summed E-state index contributed by atoms with van der Waals surface area (Å²) >= 11 is 0. The number of hydrogen-bond donors (Lipinski definition) is 0. The summed E-state index contributed by atoms with van der Waals surface area (Å²) in [7, 11) is 1.64. The van der Waals surface area contributed by atoms with Gasteiger partial charge in [0.15, 0.2) is 0 Å². The van der Waals surface area contributed by atoms with Crippen molar-refractivity contribution >= 4 is 16.7 Å². The maximum Gasteiger partial charge on any atom is 0.316 e. The molecule has 3 heteroatoms. The van der Waals surface area contributed by atoms with Crippen molar-refractivity contribution in [2.75, 3.05) is 7.11 Å². The monoisotopic (exact) mass is 332 g/mol. The van der Waals surface area contributed by atoms with Crippen LogP contribution in [0.2, 0.25) is 0 Å². The predicted molar refractivity (Wildman–Crippen MR) is 96.9 cm³/mol. The number of fused-ring (bicyclic) bond motifs is 3. The molecule has 2 aliphatic rings.